The van der Waals surface area contributed by atoms with Crippen LogP contribution in [0.25, 0.3) is 10.9 Å². The van der Waals surface area contributed by atoms with Crippen molar-refractivity contribution >= 4 is 16.8 Å². The molecule has 1 atom stereocenters. The van der Waals surface area contributed by atoms with Gasteiger partial charge in [0.15, 0.2) is 11.5 Å². The number of nitrogens with zero attached hydrogens (tertiary/aromatic N) is 3. The molecule has 0 aliphatic carbocycles. The Labute approximate surface area is 203 Å². The molecule has 1 amide bonds. The van der Waals surface area contributed by atoms with Gasteiger partial charge in [-0.3, -0.25) is 14.9 Å². The summed E-state index contributed by atoms with van der Waals surface area (Å²) in [5.74, 6) is 1.22. The molecule has 2 aromatic carbocycles. The summed E-state index contributed by atoms with van der Waals surface area (Å²) in [5.41, 5.74) is 3.60. The number of carbonyl (C=O) groups excluding carboxylic acids is 1. The molecule has 0 saturated carbocycles. The molecule has 8 heteroatoms. The summed E-state index contributed by atoms with van der Waals surface area (Å²) in [6.45, 7) is 2.61. The quantitative estimate of drug-likeness (QED) is 0.439. The molecule has 0 bridgehead atoms. The molecule has 0 unspecified atom stereocenters. The summed E-state index contributed by atoms with van der Waals surface area (Å²) in [6, 6.07) is 17.1. The lowest BCUT2D eigenvalue weighted by atomic mass is 9.97. The second-order valence-corrected chi connectivity index (χ2v) is 8.62. The maximum Gasteiger partial charge on any atom is 0.254 e. The first-order valence-corrected chi connectivity index (χ1v) is 11.7. The van der Waals surface area contributed by atoms with Crippen molar-refractivity contribution in [1.29, 1.82) is 0 Å². The van der Waals surface area contributed by atoms with Crippen LogP contribution in [0.3, 0.4) is 0 Å². The number of fused-ring (bicyclic) bond motifs is 1. The summed E-state index contributed by atoms with van der Waals surface area (Å²) >= 11 is 0. The van der Waals surface area contributed by atoms with Crippen LogP contribution >= 0.6 is 0 Å². The van der Waals surface area contributed by atoms with Gasteiger partial charge in [-0.05, 0) is 48.4 Å². The zero-order valence-electron chi connectivity index (χ0n) is 19.6. The van der Waals surface area contributed by atoms with E-state index < -0.39 is 0 Å². The third-order valence-corrected chi connectivity index (χ3v) is 6.22. The lowest BCUT2D eigenvalue weighted by Crippen LogP contribution is -2.36. The Morgan fingerprint density at radius 1 is 1.17 bits per heavy atom. The highest BCUT2D eigenvalue weighted by Gasteiger charge is 2.25. The van der Waals surface area contributed by atoms with E-state index in [-0.39, 0.29) is 11.8 Å². The third kappa shape index (κ3) is 5.27. The number of benzene rings is 2. The van der Waals surface area contributed by atoms with E-state index in [1.54, 1.807) is 31.5 Å². The third-order valence-electron chi connectivity index (χ3n) is 6.22. The highest BCUT2D eigenvalue weighted by molar-refractivity contribution is 5.95. The topological polar surface area (TPSA) is 89.6 Å². The second kappa shape index (κ2) is 10.6. The lowest BCUT2D eigenvalue weighted by Gasteiger charge is -2.24. The number of amides is 1. The predicted molar refractivity (Wildman–Crippen MR) is 132 cm³/mol. The monoisotopic (exact) mass is 472 g/mol. The summed E-state index contributed by atoms with van der Waals surface area (Å²) < 4.78 is 17.3. The number of pyridine rings is 1. The van der Waals surface area contributed by atoms with Crippen molar-refractivity contribution in [1.82, 2.24) is 20.1 Å². The number of aromatic amines is 1. The van der Waals surface area contributed by atoms with Crippen molar-refractivity contribution in [2.75, 3.05) is 33.4 Å². The first-order chi connectivity index (χ1) is 17.2. The van der Waals surface area contributed by atoms with E-state index in [2.05, 4.69) is 21.2 Å². The molecule has 1 aliphatic heterocycles. The molecule has 35 heavy (non-hydrogen) atoms. The van der Waals surface area contributed by atoms with Crippen LogP contribution < -0.4 is 9.47 Å². The smallest absolute Gasteiger partial charge is 0.254 e. The normalized spacial score (nSPS) is 16.1. The van der Waals surface area contributed by atoms with E-state index in [9.17, 15) is 4.79 Å². The van der Waals surface area contributed by atoms with Crippen molar-refractivity contribution in [3.05, 3.63) is 83.8 Å². The fourth-order valence-electron chi connectivity index (χ4n) is 4.44. The van der Waals surface area contributed by atoms with Crippen molar-refractivity contribution < 1.29 is 19.0 Å². The number of H-pyrrole nitrogens is 1. The molecular formula is C27H28N4O4. The van der Waals surface area contributed by atoms with Gasteiger partial charge >= 0.3 is 0 Å². The average molecular weight is 473 g/mol. The largest absolute Gasteiger partial charge is 0.493 e. The van der Waals surface area contributed by atoms with E-state index >= 15 is 0 Å². The molecular weight excluding hydrogens is 444 g/mol. The molecule has 1 fully saturated rings. The van der Waals surface area contributed by atoms with Gasteiger partial charge in [0.05, 0.1) is 37.7 Å². The number of aromatic nitrogens is 3. The standard InChI is InChI=1S/C27H28N4O4/c1-33-26-14-21(8-9-25(26)35-18-22-6-2-3-10-28-22)27(32)31-11-12-34-17-19(16-31)13-20-5-4-7-24-23(20)15-29-30-24/h2-10,14-15,19H,11-13,16-18H2,1H3,(H,29,30)/t19-/m0/s1. The number of hydrogen-bond donors (Lipinski definition) is 1. The van der Waals surface area contributed by atoms with E-state index in [1.807, 2.05) is 41.4 Å². The summed E-state index contributed by atoms with van der Waals surface area (Å²) in [5, 5.41) is 8.30. The van der Waals surface area contributed by atoms with Gasteiger partial charge in [-0.15, -0.1) is 0 Å². The van der Waals surface area contributed by atoms with E-state index in [0.29, 0.717) is 50.0 Å². The molecule has 180 valence electrons. The van der Waals surface area contributed by atoms with E-state index in [4.69, 9.17) is 14.2 Å². The molecule has 0 spiro atoms. The Bertz CT molecular complexity index is 1290. The molecule has 0 radical (unpaired) electrons. The summed E-state index contributed by atoms with van der Waals surface area (Å²) in [7, 11) is 1.57. The first-order valence-electron chi connectivity index (χ1n) is 11.7. The maximum absolute atomic E-state index is 13.4. The number of ether oxygens (including phenoxy) is 3. The van der Waals surface area contributed by atoms with Crippen LogP contribution in [0.4, 0.5) is 0 Å². The summed E-state index contributed by atoms with van der Waals surface area (Å²) in [6.07, 6.45) is 4.39. The van der Waals surface area contributed by atoms with Gasteiger partial charge in [0.1, 0.15) is 6.61 Å². The van der Waals surface area contributed by atoms with Gasteiger partial charge in [-0.25, -0.2) is 0 Å². The van der Waals surface area contributed by atoms with Crippen LogP contribution in [0.15, 0.2) is 67.0 Å². The highest BCUT2D eigenvalue weighted by Crippen LogP contribution is 2.30. The fraction of sp³-hybridized carbons (Fsp3) is 0.296. The fourth-order valence-corrected chi connectivity index (χ4v) is 4.44. The molecule has 1 N–H and O–H groups in total. The number of rotatable bonds is 7. The zero-order chi connectivity index (χ0) is 24.0. The number of methoxy groups -OCH3 is 1. The molecule has 1 aliphatic rings. The maximum atomic E-state index is 13.4. The minimum absolute atomic E-state index is 0.0448. The average Bonchev–Trinajstić information content (AvgIpc) is 3.27. The van der Waals surface area contributed by atoms with Crippen LogP contribution in [-0.4, -0.2) is 59.4 Å². The minimum Gasteiger partial charge on any atom is -0.493 e. The van der Waals surface area contributed by atoms with Crippen molar-refractivity contribution in [3.8, 4) is 11.5 Å². The van der Waals surface area contributed by atoms with E-state index in [0.717, 1.165) is 23.0 Å². The highest BCUT2D eigenvalue weighted by atomic mass is 16.5. The zero-order valence-corrected chi connectivity index (χ0v) is 19.6. The Kier molecular flexibility index (Phi) is 6.90. The molecule has 1 saturated heterocycles. The number of nitrogens with one attached hydrogen (secondary N) is 1. The van der Waals surface area contributed by atoms with Crippen molar-refractivity contribution in [2.24, 2.45) is 5.92 Å². The Morgan fingerprint density at radius 3 is 2.97 bits per heavy atom. The molecule has 2 aromatic heterocycles. The van der Waals surface area contributed by atoms with Gasteiger partial charge in [-0.1, -0.05) is 18.2 Å². The predicted octanol–water partition coefficient (Wildman–Crippen LogP) is 3.88. The Balaban J connectivity index is 1.28. The van der Waals surface area contributed by atoms with Crippen LogP contribution in [0.1, 0.15) is 21.6 Å². The Hall–Kier alpha value is -3.91. The number of carbonyl (C=O) groups is 1. The van der Waals surface area contributed by atoms with Gasteiger partial charge in [0, 0.05) is 36.2 Å². The lowest BCUT2D eigenvalue weighted by molar-refractivity contribution is 0.0737. The van der Waals surface area contributed by atoms with Crippen molar-refractivity contribution in [3.63, 3.8) is 0 Å². The molecule has 8 nitrogen and oxygen atoms in total. The number of hydrogen-bond acceptors (Lipinski definition) is 6. The van der Waals surface area contributed by atoms with E-state index in [1.165, 1.54) is 5.56 Å². The van der Waals surface area contributed by atoms with Crippen LogP contribution in [0.5, 0.6) is 11.5 Å². The van der Waals surface area contributed by atoms with Gasteiger partial charge < -0.3 is 19.1 Å². The molecule has 4 aromatic rings. The Morgan fingerprint density at radius 2 is 2.11 bits per heavy atom. The van der Waals surface area contributed by atoms with Gasteiger partial charge in [0.2, 0.25) is 0 Å². The molecule has 3 heterocycles. The van der Waals surface area contributed by atoms with Crippen LogP contribution in [0, 0.1) is 5.92 Å². The van der Waals surface area contributed by atoms with Crippen LogP contribution in [0.2, 0.25) is 0 Å². The first kappa shape index (κ1) is 22.9. The van der Waals surface area contributed by atoms with Crippen LogP contribution in [-0.2, 0) is 17.8 Å². The SMILES string of the molecule is COc1cc(C(=O)N2CCOC[C@@H](Cc3cccc4[nH]ncc34)C2)ccc1OCc1ccccn1. The minimum atomic E-state index is -0.0448. The summed E-state index contributed by atoms with van der Waals surface area (Å²) in [4.78, 5) is 19.6. The second-order valence-electron chi connectivity index (χ2n) is 8.62. The van der Waals surface area contributed by atoms with Gasteiger partial charge in [0.25, 0.3) is 5.91 Å². The van der Waals surface area contributed by atoms with Gasteiger partial charge in [-0.2, -0.15) is 5.10 Å². The molecule has 5 rings (SSSR count). The van der Waals surface area contributed by atoms with Crippen molar-refractivity contribution in [2.45, 2.75) is 13.0 Å².